The maximum atomic E-state index is 14.0. The van der Waals surface area contributed by atoms with E-state index in [1.165, 1.54) is 10.4 Å². The number of rotatable bonds is 5. The quantitative estimate of drug-likeness (QED) is 0.710. The SMILES string of the molecule is Cc1cc(C)c(C)c(S(=O)(=O)N2CCC(C(=O)NC(C)c3ccc(F)cc3F)CC2)c1C. The van der Waals surface area contributed by atoms with Crippen LogP contribution in [0.3, 0.4) is 0 Å². The van der Waals surface area contributed by atoms with Crippen LogP contribution in [-0.4, -0.2) is 31.7 Å². The molecule has 2 aromatic carbocycles. The molecule has 1 amide bonds. The normalized spacial score (nSPS) is 16.7. The first kappa shape index (κ1) is 24.3. The van der Waals surface area contributed by atoms with Gasteiger partial charge in [0.2, 0.25) is 15.9 Å². The molecule has 1 saturated heterocycles. The highest BCUT2D eigenvalue weighted by Crippen LogP contribution is 2.31. The zero-order valence-electron chi connectivity index (χ0n) is 19.1. The zero-order valence-corrected chi connectivity index (χ0v) is 19.9. The van der Waals surface area contributed by atoms with Crippen molar-refractivity contribution in [1.82, 2.24) is 9.62 Å². The summed E-state index contributed by atoms with van der Waals surface area (Å²) in [7, 11) is -3.68. The number of nitrogens with one attached hydrogen (secondary N) is 1. The van der Waals surface area contributed by atoms with Crippen LogP contribution in [0.25, 0.3) is 0 Å². The van der Waals surface area contributed by atoms with E-state index in [0.29, 0.717) is 17.7 Å². The van der Waals surface area contributed by atoms with Gasteiger partial charge in [-0.2, -0.15) is 4.31 Å². The summed E-state index contributed by atoms with van der Waals surface area (Å²) in [5.41, 5.74) is 3.58. The van der Waals surface area contributed by atoms with Crippen LogP contribution >= 0.6 is 0 Å². The number of sulfonamides is 1. The van der Waals surface area contributed by atoms with Gasteiger partial charge in [-0.3, -0.25) is 4.79 Å². The molecule has 1 fully saturated rings. The van der Waals surface area contributed by atoms with Gasteiger partial charge in [0, 0.05) is 30.6 Å². The minimum atomic E-state index is -3.68. The molecule has 8 heteroatoms. The molecule has 0 aliphatic carbocycles. The molecule has 0 aromatic heterocycles. The van der Waals surface area contributed by atoms with Crippen LogP contribution in [0.4, 0.5) is 8.78 Å². The fourth-order valence-electron chi connectivity index (χ4n) is 4.32. The Kier molecular flexibility index (Phi) is 7.05. The van der Waals surface area contributed by atoms with Crippen molar-refractivity contribution >= 4 is 15.9 Å². The number of halogens is 2. The number of nitrogens with zero attached hydrogens (tertiary/aromatic N) is 1. The molecule has 1 N–H and O–H groups in total. The molecule has 32 heavy (non-hydrogen) atoms. The average Bonchev–Trinajstić information content (AvgIpc) is 2.72. The number of hydrogen-bond donors (Lipinski definition) is 1. The van der Waals surface area contributed by atoms with Crippen molar-refractivity contribution in [3.05, 3.63) is 63.7 Å². The predicted octanol–water partition coefficient (Wildman–Crippen LogP) is 4.48. The van der Waals surface area contributed by atoms with Gasteiger partial charge < -0.3 is 5.32 Å². The Bertz CT molecular complexity index is 1110. The summed E-state index contributed by atoms with van der Waals surface area (Å²) < 4.78 is 55.4. The summed E-state index contributed by atoms with van der Waals surface area (Å²) in [6.45, 7) is 9.58. The molecule has 1 aliphatic heterocycles. The summed E-state index contributed by atoms with van der Waals surface area (Å²) in [5, 5.41) is 2.78. The zero-order chi connectivity index (χ0) is 23.8. The topological polar surface area (TPSA) is 66.5 Å². The minimum Gasteiger partial charge on any atom is -0.349 e. The van der Waals surface area contributed by atoms with E-state index in [2.05, 4.69) is 5.32 Å². The third kappa shape index (κ3) is 4.71. The molecule has 1 heterocycles. The Morgan fingerprint density at radius 3 is 2.12 bits per heavy atom. The first-order valence-electron chi connectivity index (χ1n) is 10.8. The first-order chi connectivity index (χ1) is 14.9. The Morgan fingerprint density at radius 1 is 1.03 bits per heavy atom. The summed E-state index contributed by atoms with van der Waals surface area (Å²) >= 11 is 0. The van der Waals surface area contributed by atoms with E-state index in [-0.39, 0.29) is 30.5 Å². The molecule has 174 valence electrons. The Morgan fingerprint density at radius 2 is 1.59 bits per heavy atom. The second-order valence-corrected chi connectivity index (χ2v) is 10.5. The summed E-state index contributed by atoms with van der Waals surface area (Å²) in [5.74, 6) is -2.00. The van der Waals surface area contributed by atoms with E-state index in [1.807, 2.05) is 33.8 Å². The van der Waals surface area contributed by atoms with Crippen LogP contribution in [0.1, 0.15) is 53.6 Å². The molecular formula is C24H30F2N2O3S. The summed E-state index contributed by atoms with van der Waals surface area (Å²) in [6.07, 6.45) is 0.763. The lowest BCUT2D eigenvalue weighted by molar-refractivity contribution is -0.126. The van der Waals surface area contributed by atoms with E-state index in [4.69, 9.17) is 0 Å². The number of hydrogen-bond acceptors (Lipinski definition) is 3. The highest BCUT2D eigenvalue weighted by Gasteiger charge is 2.34. The minimum absolute atomic E-state index is 0.209. The van der Waals surface area contributed by atoms with Crippen LogP contribution in [0.5, 0.6) is 0 Å². The van der Waals surface area contributed by atoms with Gasteiger partial charge in [-0.05, 0) is 75.8 Å². The van der Waals surface area contributed by atoms with Crippen LogP contribution in [0.15, 0.2) is 29.2 Å². The van der Waals surface area contributed by atoms with Gasteiger partial charge in [0.05, 0.1) is 10.9 Å². The van der Waals surface area contributed by atoms with Crippen molar-refractivity contribution < 1.29 is 22.0 Å². The monoisotopic (exact) mass is 464 g/mol. The number of carbonyl (C=O) groups is 1. The molecule has 5 nitrogen and oxygen atoms in total. The second kappa shape index (κ2) is 9.27. The molecule has 0 bridgehead atoms. The molecule has 0 spiro atoms. The summed E-state index contributed by atoms with van der Waals surface area (Å²) in [6, 6.07) is 4.63. The molecule has 2 aromatic rings. The standard InChI is InChI=1S/C24H30F2N2O3S/c1-14-12-15(2)17(4)23(16(14)3)32(30,31)28-10-8-19(9-11-28)24(29)27-18(5)21-7-6-20(25)13-22(21)26/h6-7,12-13,18-19H,8-11H2,1-5H3,(H,27,29). The third-order valence-corrected chi connectivity index (χ3v) is 8.68. The van der Waals surface area contributed by atoms with Crippen molar-refractivity contribution in [2.45, 2.75) is 58.4 Å². The lowest BCUT2D eigenvalue weighted by Gasteiger charge is -2.32. The van der Waals surface area contributed by atoms with Crippen LogP contribution in [-0.2, 0) is 14.8 Å². The summed E-state index contributed by atoms with van der Waals surface area (Å²) in [4.78, 5) is 13.1. The number of aryl methyl sites for hydroxylation is 2. The molecule has 1 aliphatic rings. The van der Waals surface area contributed by atoms with Crippen LogP contribution in [0, 0.1) is 45.2 Å². The van der Waals surface area contributed by atoms with Gasteiger partial charge in [-0.25, -0.2) is 17.2 Å². The number of piperidine rings is 1. The van der Waals surface area contributed by atoms with Crippen molar-refractivity contribution in [3.8, 4) is 0 Å². The highest BCUT2D eigenvalue weighted by molar-refractivity contribution is 7.89. The number of benzene rings is 2. The maximum Gasteiger partial charge on any atom is 0.243 e. The Balaban J connectivity index is 1.69. The molecule has 0 saturated carbocycles. The fraction of sp³-hybridized carbons (Fsp3) is 0.458. The van der Waals surface area contributed by atoms with Gasteiger partial charge in [-0.1, -0.05) is 12.1 Å². The largest absolute Gasteiger partial charge is 0.349 e. The smallest absolute Gasteiger partial charge is 0.243 e. The highest BCUT2D eigenvalue weighted by atomic mass is 32.2. The Hall–Kier alpha value is -2.32. The average molecular weight is 465 g/mol. The number of carbonyl (C=O) groups excluding carboxylic acids is 1. The van der Waals surface area contributed by atoms with Crippen LogP contribution in [0.2, 0.25) is 0 Å². The van der Waals surface area contributed by atoms with Crippen LogP contribution < -0.4 is 5.32 Å². The van der Waals surface area contributed by atoms with Crippen molar-refractivity contribution in [3.63, 3.8) is 0 Å². The van der Waals surface area contributed by atoms with E-state index in [9.17, 15) is 22.0 Å². The third-order valence-electron chi connectivity index (χ3n) is 6.51. The molecule has 3 rings (SSSR count). The van der Waals surface area contributed by atoms with E-state index in [1.54, 1.807) is 6.92 Å². The lowest BCUT2D eigenvalue weighted by atomic mass is 9.96. The fourth-order valence-corrected chi connectivity index (χ4v) is 6.36. The van der Waals surface area contributed by atoms with E-state index in [0.717, 1.165) is 34.4 Å². The van der Waals surface area contributed by atoms with Crippen molar-refractivity contribution in [2.75, 3.05) is 13.1 Å². The second-order valence-electron chi connectivity index (χ2n) is 8.66. The molecule has 1 atom stereocenters. The predicted molar refractivity (Wildman–Crippen MR) is 120 cm³/mol. The molecule has 0 radical (unpaired) electrons. The van der Waals surface area contributed by atoms with E-state index >= 15 is 0 Å². The van der Waals surface area contributed by atoms with Gasteiger partial charge in [0.15, 0.2) is 0 Å². The maximum absolute atomic E-state index is 14.0. The lowest BCUT2D eigenvalue weighted by Crippen LogP contribution is -2.43. The van der Waals surface area contributed by atoms with Crippen molar-refractivity contribution in [2.24, 2.45) is 5.92 Å². The van der Waals surface area contributed by atoms with Gasteiger partial charge in [0.1, 0.15) is 11.6 Å². The Labute approximate surface area is 188 Å². The van der Waals surface area contributed by atoms with Gasteiger partial charge >= 0.3 is 0 Å². The molecular weight excluding hydrogens is 434 g/mol. The van der Waals surface area contributed by atoms with Gasteiger partial charge in [-0.15, -0.1) is 0 Å². The first-order valence-corrected chi connectivity index (χ1v) is 12.2. The van der Waals surface area contributed by atoms with Crippen molar-refractivity contribution in [1.29, 1.82) is 0 Å². The van der Waals surface area contributed by atoms with Gasteiger partial charge in [0.25, 0.3) is 0 Å². The van der Waals surface area contributed by atoms with E-state index < -0.39 is 27.7 Å². The molecule has 1 unspecified atom stereocenters. The number of amides is 1.